The van der Waals surface area contributed by atoms with Crippen molar-refractivity contribution in [2.75, 3.05) is 12.4 Å². The Balaban J connectivity index is 1.98. The number of aromatic nitrogens is 1. The number of nitrogens with zero attached hydrogens (tertiary/aromatic N) is 1. The second-order valence-corrected chi connectivity index (χ2v) is 5.25. The Morgan fingerprint density at radius 1 is 1.40 bits per heavy atom. The molecule has 0 saturated carbocycles. The molecule has 0 radical (unpaired) electrons. The predicted octanol–water partition coefficient (Wildman–Crippen LogP) is 2.34. The van der Waals surface area contributed by atoms with Crippen LogP contribution < -0.4 is 10.6 Å². The second kappa shape index (κ2) is 6.49. The van der Waals surface area contributed by atoms with Crippen LogP contribution in [-0.2, 0) is 11.2 Å². The van der Waals surface area contributed by atoms with E-state index in [-0.39, 0.29) is 18.2 Å². The lowest BCUT2D eigenvalue weighted by Gasteiger charge is -2.04. The maximum atomic E-state index is 11.9. The number of thiazole rings is 1. The van der Waals surface area contributed by atoms with E-state index in [2.05, 4.69) is 15.6 Å². The smallest absolute Gasteiger partial charge is 0.280 e. The summed E-state index contributed by atoms with van der Waals surface area (Å²) in [5.41, 5.74) is 1.19. The van der Waals surface area contributed by atoms with E-state index in [1.807, 2.05) is 0 Å². The average Bonchev–Trinajstić information content (AvgIpc) is 2.86. The van der Waals surface area contributed by atoms with Crippen LogP contribution >= 0.6 is 22.9 Å². The lowest BCUT2D eigenvalue weighted by atomic mass is 10.3. The Kier molecular flexibility index (Phi) is 4.70. The summed E-state index contributed by atoms with van der Waals surface area (Å²) in [6.45, 7) is 0. The maximum absolute atomic E-state index is 11.9. The van der Waals surface area contributed by atoms with Crippen molar-refractivity contribution in [1.29, 1.82) is 0 Å². The van der Waals surface area contributed by atoms with E-state index in [1.165, 1.54) is 18.4 Å². The quantitative estimate of drug-likeness (QED) is 0.910. The van der Waals surface area contributed by atoms with Crippen LogP contribution in [0.15, 0.2) is 29.6 Å². The molecule has 20 heavy (non-hydrogen) atoms. The molecule has 0 unspecified atom stereocenters. The van der Waals surface area contributed by atoms with Crippen LogP contribution in [0.1, 0.15) is 15.5 Å². The number of carbonyl (C=O) groups is 2. The van der Waals surface area contributed by atoms with E-state index in [4.69, 9.17) is 11.6 Å². The number of anilines is 1. The van der Waals surface area contributed by atoms with Crippen molar-refractivity contribution < 1.29 is 9.59 Å². The standard InChI is InChI=1S/C13H12ClN3O2S/c1-15-12(19)13-17-10(7-20-13)6-11(18)16-9-4-2-3-8(14)5-9/h2-5,7H,6H2,1H3,(H,15,19)(H,16,18). The minimum absolute atomic E-state index is 0.111. The molecule has 0 fully saturated rings. The van der Waals surface area contributed by atoms with Crippen molar-refractivity contribution in [2.45, 2.75) is 6.42 Å². The molecule has 0 aliphatic rings. The number of halogens is 1. The summed E-state index contributed by atoms with van der Waals surface area (Å²) in [6, 6.07) is 6.90. The van der Waals surface area contributed by atoms with E-state index in [9.17, 15) is 9.59 Å². The molecule has 5 nitrogen and oxygen atoms in total. The fourth-order valence-electron chi connectivity index (χ4n) is 1.54. The summed E-state index contributed by atoms with van der Waals surface area (Å²) >= 11 is 7.04. The molecule has 2 aromatic rings. The third kappa shape index (κ3) is 3.79. The summed E-state index contributed by atoms with van der Waals surface area (Å²) < 4.78 is 0. The molecule has 1 aromatic heterocycles. The van der Waals surface area contributed by atoms with Crippen LogP contribution in [0, 0.1) is 0 Å². The lowest BCUT2D eigenvalue weighted by molar-refractivity contribution is -0.115. The zero-order valence-electron chi connectivity index (χ0n) is 10.6. The molecule has 1 heterocycles. The maximum Gasteiger partial charge on any atom is 0.280 e. The zero-order valence-corrected chi connectivity index (χ0v) is 12.2. The molecule has 0 aliphatic heterocycles. The SMILES string of the molecule is CNC(=O)c1nc(CC(=O)Nc2cccc(Cl)c2)cs1. The molecule has 0 bridgehead atoms. The summed E-state index contributed by atoms with van der Waals surface area (Å²) in [5.74, 6) is -0.461. The molecule has 0 spiro atoms. The number of amides is 2. The minimum Gasteiger partial charge on any atom is -0.353 e. The summed E-state index contributed by atoms with van der Waals surface area (Å²) in [4.78, 5) is 27.3. The van der Waals surface area contributed by atoms with Gasteiger partial charge in [-0.3, -0.25) is 9.59 Å². The summed E-state index contributed by atoms with van der Waals surface area (Å²) in [5, 5.41) is 7.81. The van der Waals surface area contributed by atoms with E-state index < -0.39 is 0 Å². The molecule has 2 rings (SSSR count). The van der Waals surface area contributed by atoms with E-state index >= 15 is 0 Å². The van der Waals surface area contributed by atoms with Gasteiger partial charge in [0.25, 0.3) is 5.91 Å². The van der Waals surface area contributed by atoms with Gasteiger partial charge in [0.15, 0.2) is 5.01 Å². The molecule has 0 saturated heterocycles. The van der Waals surface area contributed by atoms with Crippen LogP contribution in [0.4, 0.5) is 5.69 Å². The average molecular weight is 310 g/mol. The highest BCUT2D eigenvalue weighted by atomic mass is 35.5. The van der Waals surface area contributed by atoms with Gasteiger partial charge in [-0.2, -0.15) is 0 Å². The molecule has 0 aliphatic carbocycles. The molecule has 2 N–H and O–H groups in total. The van der Waals surface area contributed by atoms with Crippen molar-refractivity contribution in [1.82, 2.24) is 10.3 Å². The molecule has 7 heteroatoms. The number of hydrogen-bond acceptors (Lipinski definition) is 4. The third-order valence-corrected chi connectivity index (χ3v) is 3.55. The number of hydrogen-bond donors (Lipinski definition) is 2. The summed E-state index contributed by atoms with van der Waals surface area (Å²) in [6.07, 6.45) is 0.111. The molecular formula is C13H12ClN3O2S. The first kappa shape index (κ1) is 14.5. The van der Waals surface area contributed by atoms with Crippen molar-refractivity contribution >= 4 is 40.4 Å². The van der Waals surface area contributed by atoms with Gasteiger partial charge in [-0.1, -0.05) is 17.7 Å². The molecular weight excluding hydrogens is 298 g/mol. The zero-order chi connectivity index (χ0) is 14.5. The van der Waals surface area contributed by atoms with Gasteiger partial charge in [0, 0.05) is 23.1 Å². The van der Waals surface area contributed by atoms with E-state index in [0.717, 1.165) is 0 Å². The highest BCUT2D eigenvalue weighted by Crippen LogP contribution is 2.16. The minimum atomic E-state index is -0.253. The largest absolute Gasteiger partial charge is 0.353 e. The predicted molar refractivity (Wildman–Crippen MR) is 79.3 cm³/mol. The highest BCUT2D eigenvalue weighted by Gasteiger charge is 2.12. The van der Waals surface area contributed by atoms with Crippen molar-refractivity contribution in [3.63, 3.8) is 0 Å². The monoisotopic (exact) mass is 309 g/mol. The fourth-order valence-corrected chi connectivity index (χ4v) is 2.49. The summed E-state index contributed by atoms with van der Waals surface area (Å²) in [7, 11) is 1.54. The van der Waals surface area contributed by atoms with Crippen LogP contribution in [0.3, 0.4) is 0 Å². The van der Waals surface area contributed by atoms with Crippen molar-refractivity contribution in [2.24, 2.45) is 0 Å². The van der Waals surface area contributed by atoms with Crippen LogP contribution in [0.25, 0.3) is 0 Å². The van der Waals surface area contributed by atoms with Gasteiger partial charge in [0.05, 0.1) is 12.1 Å². The normalized spacial score (nSPS) is 10.1. The van der Waals surface area contributed by atoms with E-state index in [1.54, 1.807) is 29.6 Å². The lowest BCUT2D eigenvalue weighted by Crippen LogP contribution is -2.18. The fraction of sp³-hybridized carbons (Fsp3) is 0.154. The van der Waals surface area contributed by atoms with Gasteiger partial charge in [-0.05, 0) is 18.2 Å². The van der Waals surface area contributed by atoms with Gasteiger partial charge in [0.1, 0.15) is 0 Å². The van der Waals surface area contributed by atoms with Crippen LogP contribution in [0.2, 0.25) is 5.02 Å². The van der Waals surface area contributed by atoms with Crippen LogP contribution in [-0.4, -0.2) is 23.8 Å². The Labute approximate surface area is 125 Å². The third-order valence-electron chi connectivity index (χ3n) is 2.42. The van der Waals surface area contributed by atoms with Gasteiger partial charge in [-0.15, -0.1) is 11.3 Å². The van der Waals surface area contributed by atoms with E-state index in [0.29, 0.717) is 21.4 Å². The molecule has 2 amide bonds. The van der Waals surface area contributed by atoms with Gasteiger partial charge in [0.2, 0.25) is 5.91 Å². The number of rotatable bonds is 4. The second-order valence-electron chi connectivity index (χ2n) is 3.96. The Morgan fingerprint density at radius 3 is 2.90 bits per heavy atom. The highest BCUT2D eigenvalue weighted by molar-refractivity contribution is 7.11. The molecule has 0 atom stereocenters. The first-order valence-electron chi connectivity index (χ1n) is 5.80. The molecule has 1 aromatic carbocycles. The Morgan fingerprint density at radius 2 is 2.20 bits per heavy atom. The van der Waals surface area contributed by atoms with Crippen LogP contribution in [0.5, 0.6) is 0 Å². The van der Waals surface area contributed by atoms with Gasteiger partial charge >= 0.3 is 0 Å². The van der Waals surface area contributed by atoms with Gasteiger partial charge in [-0.25, -0.2) is 4.98 Å². The van der Waals surface area contributed by atoms with Crippen molar-refractivity contribution in [3.8, 4) is 0 Å². The number of nitrogens with one attached hydrogen (secondary N) is 2. The topological polar surface area (TPSA) is 71.1 Å². The Bertz CT molecular complexity index is 642. The molecule has 104 valence electrons. The number of carbonyl (C=O) groups excluding carboxylic acids is 2. The number of benzene rings is 1. The van der Waals surface area contributed by atoms with Gasteiger partial charge < -0.3 is 10.6 Å². The Hall–Kier alpha value is -1.92. The first-order valence-corrected chi connectivity index (χ1v) is 7.06. The first-order chi connectivity index (χ1) is 9.58. The van der Waals surface area contributed by atoms with Crippen molar-refractivity contribution in [3.05, 3.63) is 45.4 Å².